The van der Waals surface area contributed by atoms with Crippen molar-refractivity contribution < 1.29 is 14.3 Å². The van der Waals surface area contributed by atoms with Gasteiger partial charge in [0.2, 0.25) is 5.91 Å². The van der Waals surface area contributed by atoms with Gasteiger partial charge in [-0.2, -0.15) is 0 Å². The molecule has 2 aromatic carbocycles. The van der Waals surface area contributed by atoms with E-state index in [1.807, 2.05) is 49.4 Å². The lowest BCUT2D eigenvalue weighted by molar-refractivity contribution is -0.120. The van der Waals surface area contributed by atoms with Crippen molar-refractivity contribution in [1.82, 2.24) is 5.32 Å². The normalized spacial score (nSPS) is 11.7. The van der Waals surface area contributed by atoms with Gasteiger partial charge < -0.3 is 14.8 Å². The zero-order valence-corrected chi connectivity index (χ0v) is 16.8. The van der Waals surface area contributed by atoms with Crippen LogP contribution in [0.3, 0.4) is 0 Å². The molecule has 0 fully saturated rings. The SMILES string of the molecule is COc1ccc(S[C@@H](C)C(=O)NCCCc2ccc(Cl)cc2)cc1OC. The standard InChI is InChI=1S/C20H24ClNO3S/c1-14(26-17-10-11-18(24-2)19(13-17)25-3)20(23)22-12-4-5-15-6-8-16(21)9-7-15/h6-11,13-14H,4-5,12H2,1-3H3,(H,22,23)/t14-/m0/s1. The second kappa shape index (κ2) is 10.3. The maximum Gasteiger partial charge on any atom is 0.233 e. The maximum atomic E-state index is 12.3. The Bertz CT molecular complexity index is 721. The minimum Gasteiger partial charge on any atom is -0.493 e. The number of carbonyl (C=O) groups is 1. The van der Waals surface area contributed by atoms with Gasteiger partial charge in [-0.05, 0) is 55.7 Å². The van der Waals surface area contributed by atoms with Gasteiger partial charge in [0.15, 0.2) is 11.5 Å². The highest BCUT2D eigenvalue weighted by Crippen LogP contribution is 2.33. The Labute approximate surface area is 164 Å². The first kappa shape index (κ1) is 20.5. The number of hydrogen-bond donors (Lipinski definition) is 1. The van der Waals surface area contributed by atoms with E-state index in [4.69, 9.17) is 21.1 Å². The number of nitrogens with one attached hydrogen (secondary N) is 1. The summed E-state index contributed by atoms with van der Waals surface area (Å²) in [6.07, 6.45) is 1.80. The van der Waals surface area contributed by atoms with E-state index in [1.54, 1.807) is 14.2 Å². The highest BCUT2D eigenvalue weighted by atomic mass is 35.5. The smallest absolute Gasteiger partial charge is 0.233 e. The minimum absolute atomic E-state index is 0.0286. The van der Waals surface area contributed by atoms with Crippen molar-refractivity contribution in [2.45, 2.75) is 29.9 Å². The van der Waals surface area contributed by atoms with Crippen molar-refractivity contribution >= 4 is 29.3 Å². The Morgan fingerprint density at radius 3 is 2.46 bits per heavy atom. The lowest BCUT2D eigenvalue weighted by Crippen LogP contribution is -2.31. The van der Waals surface area contributed by atoms with Crippen LogP contribution in [0.4, 0.5) is 0 Å². The van der Waals surface area contributed by atoms with Crippen LogP contribution in [-0.4, -0.2) is 31.9 Å². The molecule has 140 valence electrons. The molecule has 26 heavy (non-hydrogen) atoms. The van der Waals surface area contributed by atoms with Gasteiger partial charge in [0.05, 0.1) is 19.5 Å². The van der Waals surface area contributed by atoms with Gasteiger partial charge in [-0.1, -0.05) is 23.7 Å². The van der Waals surface area contributed by atoms with E-state index in [0.29, 0.717) is 18.0 Å². The third-order valence-electron chi connectivity index (χ3n) is 3.89. The molecule has 1 N–H and O–H groups in total. The summed E-state index contributed by atoms with van der Waals surface area (Å²) in [7, 11) is 3.20. The number of aryl methyl sites for hydroxylation is 1. The zero-order valence-electron chi connectivity index (χ0n) is 15.3. The summed E-state index contributed by atoms with van der Waals surface area (Å²) in [4.78, 5) is 13.2. The number of hydrogen-bond acceptors (Lipinski definition) is 4. The first-order valence-corrected chi connectivity index (χ1v) is 9.70. The molecule has 0 saturated heterocycles. The Hall–Kier alpha value is -1.85. The number of carbonyl (C=O) groups excluding carboxylic acids is 1. The molecule has 0 saturated carbocycles. The molecule has 0 heterocycles. The van der Waals surface area contributed by atoms with E-state index >= 15 is 0 Å². The van der Waals surface area contributed by atoms with E-state index in [-0.39, 0.29) is 11.2 Å². The van der Waals surface area contributed by atoms with Gasteiger partial charge in [-0.15, -0.1) is 11.8 Å². The van der Waals surface area contributed by atoms with Gasteiger partial charge in [0, 0.05) is 16.5 Å². The van der Waals surface area contributed by atoms with Gasteiger partial charge >= 0.3 is 0 Å². The minimum atomic E-state index is -0.191. The van der Waals surface area contributed by atoms with Crippen LogP contribution in [0, 0.1) is 0 Å². The first-order chi connectivity index (χ1) is 12.5. The Morgan fingerprint density at radius 2 is 1.81 bits per heavy atom. The van der Waals surface area contributed by atoms with Crippen LogP contribution in [0.2, 0.25) is 5.02 Å². The summed E-state index contributed by atoms with van der Waals surface area (Å²) in [5, 5.41) is 3.54. The van der Waals surface area contributed by atoms with Gasteiger partial charge in [0.1, 0.15) is 0 Å². The summed E-state index contributed by atoms with van der Waals surface area (Å²) in [5.74, 6) is 1.37. The fraction of sp³-hybridized carbons (Fsp3) is 0.350. The monoisotopic (exact) mass is 393 g/mol. The summed E-state index contributed by atoms with van der Waals surface area (Å²) >= 11 is 7.37. The lowest BCUT2D eigenvalue weighted by atomic mass is 10.1. The fourth-order valence-corrected chi connectivity index (χ4v) is 3.49. The van der Waals surface area contributed by atoms with Crippen LogP contribution in [-0.2, 0) is 11.2 Å². The Morgan fingerprint density at radius 1 is 1.12 bits per heavy atom. The van der Waals surface area contributed by atoms with Crippen molar-refractivity contribution in [2.24, 2.45) is 0 Å². The van der Waals surface area contributed by atoms with Crippen LogP contribution < -0.4 is 14.8 Å². The summed E-state index contributed by atoms with van der Waals surface area (Å²) < 4.78 is 10.5. The van der Waals surface area contributed by atoms with Gasteiger partial charge in [-0.25, -0.2) is 0 Å². The fourth-order valence-electron chi connectivity index (χ4n) is 2.45. The van der Waals surface area contributed by atoms with Crippen LogP contribution in [0.15, 0.2) is 47.4 Å². The molecule has 0 aliphatic carbocycles. The largest absolute Gasteiger partial charge is 0.493 e. The number of amides is 1. The predicted molar refractivity (Wildman–Crippen MR) is 108 cm³/mol. The molecule has 0 radical (unpaired) electrons. The number of halogens is 1. The number of rotatable bonds is 9. The van der Waals surface area contributed by atoms with Crippen molar-refractivity contribution in [3.05, 3.63) is 53.1 Å². The van der Waals surface area contributed by atoms with Crippen LogP contribution in [0.1, 0.15) is 18.9 Å². The van der Waals surface area contributed by atoms with Crippen molar-refractivity contribution in [3.8, 4) is 11.5 Å². The third-order valence-corrected chi connectivity index (χ3v) is 5.24. The third kappa shape index (κ3) is 6.15. The zero-order chi connectivity index (χ0) is 18.9. The van der Waals surface area contributed by atoms with E-state index in [9.17, 15) is 4.79 Å². The summed E-state index contributed by atoms with van der Waals surface area (Å²) in [5.41, 5.74) is 1.22. The van der Waals surface area contributed by atoms with E-state index < -0.39 is 0 Å². The number of thioether (sulfide) groups is 1. The highest BCUT2D eigenvalue weighted by molar-refractivity contribution is 8.00. The molecular formula is C20H24ClNO3S. The molecule has 2 rings (SSSR count). The molecule has 1 amide bonds. The van der Waals surface area contributed by atoms with Gasteiger partial charge in [-0.3, -0.25) is 4.79 Å². The van der Waals surface area contributed by atoms with Crippen LogP contribution >= 0.6 is 23.4 Å². The molecule has 0 unspecified atom stereocenters. The molecule has 4 nitrogen and oxygen atoms in total. The Kier molecular flexibility index (Phi) is 8.13. The second-order valence-corrected chi connectivity index (χ2v) is 7.65. The lowest BCUT2D eigenvalue weighted by Gasteiger charge is -2.14. The van der Waals surface area contributed by atoms with Crippen molar-refractivity contribution in [3.63, 3.8) is 0 Å². The number of methoxy groups -OCH3 is 2. The maximum absolute atomic E-state index is 12.3. The summed E-state index contributed by atoms with van der Waals surface area (Å²) in [6, 6.07) is 13.5. The number of ether oxygens (including phenoxy) is 2. The molecule has 6 heteroatoms. The average molecular weight is 394 g/mol. The van der Waals surface area contributed by atoms with E-state index in [1.165, 1.54) is 17.3 Å². The predicted octanol–water partition coefficient (Wildman–Crippen LogP) is 4.59. The van der Waals surface area contributed by atoms with Gasteiger partial charge in [0.25, 0.3) is 0 Å². The molecular weight excluding hydrogens is 370 g/mol. The molecule has 2 aromatic rings. The Balaban J connectivity index is 1.77. The molecule has 1 atom stereocenters. The van der Waals surface area contributed by atoms with E-state index in [2.05, 4.69) is 5.32 Å². The van der Waals surface area contributed by atoms with Crippen LogP contribution in [0.5, 0.6) is 11.5 Å². The molecule has 0 aliphatic heterocycles. The molecule has 0 spiro atoms. The summed E-state index contributed by atoms with van der Waals surface area (Å²) in [6.45, 7) is 2.55. The topological polar surface area (TPSA) is 47.6 Å². The average Bonchev–Trinajstić information content (AvgIpc) is 2.66. The molecule has 0 aromatic heterocycles. The van der Waals surface area contributed by atoms with Crippen LogP contribution in [0.25, 0.3) is 0 Å². The van der Waals surface area contributed by atoms with E-state index in [0.717, 1.165) is 22.8 Å². The molecule has 0 aliphatic rings. The highest BCUT2D eigenvalue weighted by Gasteiger charge is 2.15. The quantitative estimate of drug-likeness (QED) is 0.500. The first-order valence-electron chi connectivity index (χ1n) is 8.44. The second-order valence-electron chi connectivity index (χ2n) is 5.80. The number of benzene rings is 2. The molecule has 0 bridgehead atoms. The van der Waals surface area contributed by atoms with Crippen molar-refractivity contribution in [2.75, 3.05) is 20.8 Å². The van der Waals surface area contributed by atoms with Crippen molar-refractivity contribution in [1.29, 1.82) is 0 Å².